The molecule has 0 unspecified atom stereocenters. The predicted octanol–water partition coefficient (Wildman–Crippen LogP) is 4.82. The fourth-order valence-electron chi connectivity index (χ4n) is 2.42. The first-order valence-electron chi connectivity index (χ1n) is 7.74. The van der Waals surface area contributed by atoms with Gasteiger partial charge in [0.2, 0.25) is 5.95 Å². The number of hydrogen-bond donors (Lipinski definition) is 1. The van der Waals surface area contributed by atoms with Crippen LogP contribution in [0.5, 0.6) is 0 Å². The van der Waals surface area contributed by atoms with Gasteiger partial charge in [-0.05, 0) is 36.2 Å². The second-order valence-electron chi connectivity index (χ2n) is 5.62. The van der Waals surface area contributed by atoms with Crippen LogP contribution in [0.2, 0.25) is 5.02 Å². The lowest BCUT2D eigenvalue weighted by molar-refractivity contribution is 0.893. The number of anilines is 3. The smallest absolute Gasteiger partial charge is 0.229 e. The third-order valence-corrected chi connectivity index (χ3v) is 4.22. The van der Waals surface area contributed by atoms with Crippen molar-refractivity contribution in [2.75, 3.05) is 17.3 Å². The zero-order chi connectivity index (χ0) is 16.9. The highest BCUT2D eigenvalue weighted by molar-refractivity contribution is 6.31. The van der Waals surface area contributed by atoms with Gasteiger partial charge in [-0.3, -0.25) is 0 Å². The van der Waals surface area contributed by atoms with Gasteiger partial charge in [0.1, 0.15) is 5.82 Å². The molecule has 0 saturated carbocycles. The molecule has 0 atom stereocenters. The van der Waals surface area contributed by atoms with Gasteiger partial charge in [-0.15, -0.1) is 0 Å². The van der Waals surface area contributed by atoms with Crippen molar-refractivity contribution in [3.05, 3.63) is 76.9 Å². The summed E-state index contributed by atoms with van der Waals surface area (Å²) in [6.45, 7) is 2.75. The van der Waals surface area contributed by atoms with Crippen molar-refractivity contribution in [3.63, 3.8) is 0 Å². The number of nitrogens with zero attached hydrogens (tertiary/aromatic N) is 3. The van der Waals surface area contributed by atoms with Gasteiger partial charge in [0.25, 0.3) is 0 Å². The summed E-state index contributed by atoms with van der Waals surface area (Å²) in [6, 6.07) is 17.9. The van der Waals surface area contributed by atoms with Crippen LogP contribution >= 0.6 is 11.6 Å². The summed E-state index contributed by atoms with van der Waals surface area (Å²) in [5, 5.41) is 3.96. The van der Waals surface area contributed by atoms with E-state index in [0.717, 1.165) is 28.6 Å². The van der Waals surface area contributed by atoms with E-state index in [1.54, 1.807) is 6.20 Å². The lowest BCUT2D eigenvalue weighted by atomic mass is 10.2. The first-order chi connectivity index (χ1) is 11.6. The van der Waals surface area contributed by atoms with E-state index in [4.69, 9.17) is 11.6 Å². The molecule has 0 aliphatic rings. The minimum Gasteiger partial charge on any atom is -0.355 e. The molecule has 1 heterocycles. The van der Waals surface area contributed by atoms with Crippen molar-refractivity contribution in [1.29, 1.82) is 0 Å². The van der Waals surface area contributed by atoms with E-state index in [-0.39, 0.29) is 0 Å². The maximum absolute atomic E-state index is 6.16. The predicted molar refractivity (Wildman–Crippen MR) is 100 cm³/mol. The van der Waals surface area contributed by atoms with Crippen LogP contribution in [0.25, 0.3) is 0 Å². The number of nitrogens with one attached hydrogen (secondary N) is 1. The molecule has 1 aromatic heterocycles. The maximum atomic E-state index is 6.16. The van der Waals surface area contributed by atoms with Crippen LogP contribution in [0.3, 0.4) is 0 Å². The molecule has 4 nitrogen and oxygen atoms in total. The van der Waals surface area contributed by atoms with Gasteiger partial charge in [0, 0.05) is 30.5 Å². The highest BCUT2D eigenvalue weighted by atomic mass is 35.5. The lowest BCUT2D eigenvalue weighted by Crippen LogP contribution is -2.18. The zero-order valence-corrected chi connectivity index (χ0v) is 14.5. The molecule has 24 heavy (non-hydrogen) atoms. The Bertz CT molecular complexity index is 821. The summed E-state index contributed by atoms with van der Waals surface area (Å²) in [5.74, 6) is 1.41. The summed E-state index contributed by atoms with van der Waals surface area (Å²) in [7, 11) is 2.02. The molecular formula is C19H19ClN4. The Kier molecular flexibility index (Phi) is 4.96. The fourth-order valence-corrected chi connectivity index (χ4v) is 2.60. The molecular weight excluding hydrogens is 320 g/mol. The molecule has 3 rings (SSSR count). The molecule has 0 spiro atoms. The molecule has 0 bridgehead atoms. The van der Waals surface area contributed by atoms with E-state index in [9.17, 15) is 0 Å². The Morgan fingerprint density at radius 2 is 1.83 bits per heavy atom. The molecule has 2 aromatic carbocycles. The van der Waals surface area contributed by atoms with Crippen molar-refractivity contribution in [1.82, 2.24) is 9.97 Å². The monoisotopic (exact) mass is 338 g/mol. The molecule has 3 aromatic rings. The van der Waals surface area contributed by atoms with Gasteiger partial charge in [0.05, 0.1) is 0 Å². The summed E-state index contributed by atoms with van der Waals surface area (Å²) in [4.78, 5) is 11.0. The second kappa shape index (κ2) is 7.32. The van der Waals surface area contributed by atoms with Crippen LogP contribution in [-0.2, 0) is 6.54 Å². The van der Waals surface area contributed by atoms with Crippen LogP contribution in [0.1, 0.15) is 11.1 Å². The number of halogens is 1. The van der Waals surface area contributed by atoms with Crippen LogP contribution in [-0.4, -0.2) is 17.0 Å². The average molecular weight is 339 g/mol. The molecule has 122 valence electrons. The van der Waals surface area contributed by atoms with Gasteiger partial charge < -0.3 is 10.2 Å². The van der Waals surface area contributed by atoms with Crippen LogP contribution < -0.4 is 10.2 Å². The van der Waals surface area contributed by atoms with E-state index >= 15 is 0 Å². The normalized spacial score (nSPS) is 10.5. The van der Waals surface area contributed by atoms with Crippen molar-refractivity contribution in [2.45, 2.75) is 13.5 Å². The lowest BCUT2D eigenvalue weighted by Gasteiger charge is -2.19. The van der Waals surface area contributed by atoms with E-state index in [2.05, 4.69) is 32.3 Å². The van der Waals surface area contributed by atoms with Gasteiger partial charge in [-0.2, -0.15) is 4.98 Å². The largest absolute Gasteiger partial charge is 0.355 e. The maximum Gasteiger partial charge on any atom is 0.229 e. The van der Waals surface area contributed by atoms with Gasteiger partial charge in [-0.25, -0.2) is 4.98 Å². The number of benzene rings is 2. The Hall–Kier alpha value is -2.59. The molecule has 5 heteroatoms. The third-order valence-electron chi connectivity index (χ3n) is 3.81. The third kappa shape index (κ3) is 3.84. The van der Waals surface area contributed by atoms with Crippen molar-refractivity contribution >= 4 is 29.1 Å². The molecule has 0 radical (unpaired) electrons. The zero-order valence-electron chi connectivity index (χ0n) is 13.7. The Labute approximate surface area is 147 Å². The van der Waals surface area contributed by atoms with Crippen LogP contribution in [0, 0.1) is 6.92 Å². The van der Waals surface area contributed by atoms with Gasteiger partial charge >= 0.3 is 0 Å². The van der Waals surface area contributed by atoms with Crippen molar-refractivity contribution < 1.29 is 0 Å². The summed E-state index contributed by atoms with van der Waals surface area (Å²) < 4.78 is 0. The molecule has 1 N–H and O–H groups in total. The minimum atomic E-state index is 0.553. The SMILES string of the molecule is Cc1c(Cl)cccc1Nc1nccc(N(C)Cc2ccccc2)n1. The first-order valence-corrected chi connectivity index (χ1v) is 8.11. The fraction of sp³-hybridized carbons (Fsp3) is 0.158. The van der Waals surface area contributed by atoms with Gasteiger partial charge in [0.15, 0.2) is 0 Å². The molecule has 0 aliphatic heterocycles. The molecule has 0 amide bonds. The average Bonchev–Trinajstić information content (AvgIpc) is 2.60. The number of aromatic nitrogens is 2. The summed E-state index contributed by atoms with van der Waals surface area (Å²) in [6.07, 6.45) is 1.76. The summed E-state index contributed by atoms with van der Waals surface area (Å²) in [5.41, 5.74) is 3.12. The molecule has 0 aliphatic carbocycles. The quantitative estimate of drug-likeness (QED) is 0.724. The van der Waals surface area contributed by atoms with Crippen molar-refractivity contribution in [3.8, 4) is 0 Å². The first kappa shape index (κ1) is 16.3. The van der Waals surface area contributed by atoms with Crippen LogP contribution in [0.15, 0.2) is 60.8 Å². The molecule has 0 fully saturated rings. The highest BCUT2D eigenvalue weighted by Gasteiger charge is 2.08. The van der Waals surface area contributed by atoms with Crippen molar-refractivity contribution in [2.24, 2.45) is 0 Å². The topological polar surface area (TPSA) is 41.1 Å². The van der Waals surface area contributed by atoms with Crippen LogP contribution in [0.4, 0.5) is 17.5 Å². The second-order valence-corrected chi connectivity index (χ2v) is 6.02. The van der Waals surface area contributed by atoms with Gasteiger partial charge in [-0.1, -0.05) is 48.0 Å². The van der Waals surface area contributed by atoms with E-state index in [1.165, 1.54) is 5.56 Å². The van der Waals surface area contributed by atoms with E-state index in [0.29, 0.717) is 5.95 Å². The highest BCUT2D eigenvalue weighted by Crippen LogP contribution is 2.25. The Morgan fingerprint density at radius 3 is 2.62 bits per heavy atom. The Balaban J connectivity index is 1.77. The standard InChI is InChI=1S/C19H19ClN4/c1-14-16(20)9-6-10-17(14)22-19-21-12-11-18(23-19)24(2)13-15-7-4-3-5-8-15/h3-12H,13H2,1-2H3,(H,21,22,23). The number of hydrogen-bond acceptors (Lipinski definition) is 4. The summed E-state index contributed by atoms with van der Waals surface area (Å²) >= 11 is 6.16. The van der Waals surface area contributed by atoms with E-state index < -0.39 is 0 Å². The minimum absolute atomic E-state index is 0.553. The number of rotatable bonds is 5. The molecule has 0 saturated heterocycles. The van der Waals surface area contributed by atoms with E-state index in [1.807, 2.05) is 56.4 Å². The Morgan fingerprint density at radius 1 is 1.04 bits per heavy atom.